The van der Waals surface area contributed by atoms with Crippen LogP contribution in [0.2, 0.25) is 0 Å². The highest BCUT2D eigenvalue weighted by Gasteiger charge is 2.55. The molecule has 0 amide bonds. The molecule has 11 rings (SSSR count). The number of hydrogen-bond donors (Lipinski definition) is 0. The predicted octanol–water partition coefficient (Wildman–Crippen LogP) is 16.9. The van der Waals surface area contributed by atoms with Crippen molar-refractivity contribution in [3.05, 3.63) is 122 Å². The van der Waals surface area contributed by atoms with E-state index in [1.807, 2.05) is 0 Å². The first kappa shape index (κ1) is 48.6. The highest BCUT2D eigenvalue weighted by atomic mass is 19.4. The van der Waals surface area contributed by atoms with E-state index >= 15 is 13.2 Å². The highest BCUT2D eigenvalue weighted by molar-refractivity contribution is 6.99. The van der Waals surface area contributed by atoms with Crippen LogP contribution >= 0.6 is 0 Å². The van der Waals surface area contributed by atoms with Crippen LogP contribution in [0.5, 0.6) is 0 Å². The van der Waals surface area contributed by atoms with E-state index in [0.717, 1.165) is 120 Å². The van der Waals surface area contributed by atoms with Gasteiger partial charge in [0.05, 0.1) is 22.6 Å². The van der Waals surface area contributed by atoms with Crippen molar-refractivity contribution in [3.63, 3.8) is 0 Å². The number of nitrogens with zero attached hydrogens (tertiary/aromatic N) is 2. The summed E-state index contributed by atoms with van der Waals surface area (Å²) in [4.78, 5) is 4.69. The quantitative estimate of drug-likeness (QED) is 0.168. The Balaban J connectivity index is 1.35. The van der Waals surface area contributed by atoms with Gasteiger partial charge in [0.25, 0.3) is 6.71 Å². The topological polar surface area (TPSA) is 19.6 Å². The van der Waals surface area contributed by atoms with E-state index in [2.05, 4.69) is 169 Å². The second kappa shape index (κ2) is 15.2. The van der Waals surface area contributed by atoms with Gasteiger partial charge in [-0.25, -0.2) is 0 Å². The van der Waals surface area contributed by atoms with E-state index in [-0.39, 0.29) is 37.9 Å². The molecule has 0 saturated heterocycles. The largest absolute Gasteiger partial charge is 0.472 e. The maximum absolute atomic E-state index is 16.4. The van der Waals surface area contributed by atoms with E-state index in [4.69, 9.17) is 4.42 Å². The Morgan fingerprint density at radius 3 is 1.77 bits per heavy atom. The number of allylic oxidation sites excluding steroid dienone is 8. The number of alkyl halides is 3. The molecule has 4 aromatic rings. The Morgan fingerprint density at radius 2 is 1.18 bits per heavy atom. The van der Waals surface area contributed by atoms with Gasteiger partial charge in [0.1, 0.15) is 5.76 Å². The lowest BCUT2D eigenvalue weighted by Crippen LogP contribution is -2.62. The van der Waals surface area contributed by atoms with Gasteiger partial charge in [-0.15, -0.1) is 0 Å². The van der Waals surface area contributed by atoms with Crippen LogP contribution in [0.1, 0.15) is 220 Å². The monoisotopic (exact) mass is 959 g/mol. The summed E-state index contributed by atoms with van der Waals surface area (Å²) in [5.41, 5.74) is 17.5. The average Bonchev–Trinajstić information content (AvgIpc) is 3.71. The Bertz CT molecular complexity index is 3090. The third-order valence-corrected chi connectivity index (χ3v) is 19.1. The Hall–Kier alpha value is -4.65. The molecule has 0 saturated carbocycles. The summed E-state index contributed by atoms with van der Waals surface area (Å²) in [6.07, 6.45) is 13.7. The number of fused-ring (bicyclic) bond motifs is 9. The minimum Gasteiger partial charge on any atom is -0.472 e. The number of benzene rings is 3. The molecule has 2 aliphatic heterocycles. The number of anilines is 5. The van der Waals surface area contributed by atoms with Crippen LogP contribution < -0.4 is 26.4 Å². The summed E-state index contributed by atoms with van der Waals surface area (Å²) in [6.45, 7) is 36.8. The molecule has 71 heavy (non-hydrogen) atoms. The van der Waals surface area contributed by atoms with E-state index in [1.54, 1.807) is 0 Å². The standard InChI is InChI=1S/C64H78BF3N2O/c1-37-32-39(57(2,3)4)22-25-46(37)69-48-33-40(64(66,67)68)34-49-52(48)65(56-54(69)51-55(71-56)63(15,16)31-30-62(51,13)14)45-24-23-42-50(61(11,12)29-28-58(42,5)6)53(45)70(49)47-36-44-43(59(7,8)26-27-60(44,9)10)35-41(47)38-20-18-17-19-21-38/h17-18,20,23-24,32-36H,19,21-22,25-31H2,1-16H3. The Kier molecular flexibility index (Phi) is 10.4. The van der Waals surface area contributed by atoms with Gasteiger partial charge in [0, 0.05) is 39.3 Å². The van der Waals surface area contributed by atoms with Crippen LogP contribution in [-0.2, 0) is 38.7 Å². The fourth-order valence-corrected chi connectivity index (χ4v) is 14.3. The summed E-state index contributed by atoms with van der Waals surface area (Å²) >= 11 is 0. The molecular weight excluding hydrogens is 881 g/mol. The fourth-order valence-electron chi connectivity index (χ4n) is 14.3. The number of furan rings is 1. The first-order chi connectivity index (χ1) is 32.9. The lowest BCUT2D eigenvalue weighted by molar-refractivity contribution is -0.137. The molecule has 3 nitrogen and oxygen atoms in total. The molecule has 1 aromatic heterocycles. The van der Waals surface area contributed by atoms with Gasteiger partial charge < -0.3 is 14.2 Å². The highest BCUT2D eigenvalue weighted by Crippen LogP contribution is 2.59. The number of hydrogen-bond acceptors (Lipinski definition) is 3. The number of halogens is 3. The van der Waals surface area contributed by atoms with Gasteiger partial charge in [-0.2, -0.15) is 13.2 Å². The second-order valence-corrected chi connectivity index (χ2v) is 27.9. The molecule has 0 spiro atoms. The fraction of sp³-hybridized carbons (Fsp3) is 0.531. The van der Waals surface area contributed by atoms with Crippen molar-refractivity contribution in [3.8, 4) is 0 Å². The summed E-state index contributed by atoms with van der Waals surface area (Å²) in [5.74, 6) is 0.983. The normalized spacial score (nSPS) is 22.9. The van der Waals surface area contributed by atoms with Crippen LogP contribution in [0.4, 0.5) is 41.6 Å². The summed E-state index contributed by atoms with van der Waals surface area (Å²) < 4.78 is 56.8. The molecule has 7 heteroatoms. The van der Waals surface area contributed by atoms with Crippen molar-refractivity contribution >= 4 is 57.3 Å². The predicted molar refractivity (Wildman–Crippen MR) is 293 cm³/mol. The third-order valence-electron chi connectivity index (χ3n) is 19.1. The zero-order valence-corrected chi connectivity index (χ0v) is 45.9. The first-order valence-electron chi connectivity index (χ1n) is 27.0. The molecule has 0 unspecified atom stereocenters. The molecule has 0 fully saturated rings. The van der Waals surface area contributed by atoms with Crippen molar-refractivity contribution in [1.29, 1.82) is 0 Å². The Labute approximate surface area is 424 Å². The van der Waals surface area contributed by atoms with Crippen molar-refractivity contribution in [2.45, 2.75) is 214 Å². The summed E-state index contributed by atoms with van der Waals surface area (Å²) in [5, 5.41) is 0. The first-order valence-corrected chi connectivity index (χ1v) is 27.0. The zero-order valence-electron chi connectivity index (χ0n) is 45.9. The maximum atomic E-state index is 16.4. The van der Waals surface area contributed by atoms with Gasteiger partial charge in [0.15, 0.2) is 0 Å². The van der Waals surface area contributed by atoms with Crippen LogP contribution in [-0.4, -0.2) is 6.71 Å². The molecular formula is C64H78BF3N2O. The zero-order chi connectivity index (χ0) is 51.1. The van der Waals surface area contributed by atoms with Crippen LogP contribution in [0.15, 0.2) is 82.0 Å². The van der Waals surface area contributed by atoms with Gasteiger partial charge in [0.2, 0.25) is 0 Å². The van der Waals surface area contributed by atoms with Crippen molar-refractivity contribution in [1.82, 2.24) is 0 Å². The lowest BCUT2D eigenvalue weighted by atomic mass is 9.34. The van der Waals surface area contributed by atoms with Crippen molar-refractivity contribution in [2.24, 2.45) is 5.41 Å². The molecule has 3 aromatic carbocycles. The lowest BCUT2D eigenvalue weighted by Gasteiger charge is -2.50. The van der Waals surface area contributed by atoms with Gasteiger partial charge >= 0.3 is 6.18 Å². The smallest absolute Gasteiger partial charge is 0.416 e. The molecule has 7 aliphatic rings. The molecule has 0 N–H and O–H groups in total. The summed E-state index contributed by atoms with van der Waals surface area (Å²) in [7, 11) is 0. The van der Waals surface area contributed by atoms with Gasteiger partial charge in [-0.05, 0) is 172 Å². The van der Waals surface area contributed by atoms with E-state index in [9.17, 15) is 0 Å². The van der Waals surface area contributed by atoms with E-state index < -0.39 is 18.5 Å². The molecule has 0 radical (unpaired) electrons. The summed E-state index contributed by atoms with van der Waals surface area (Å²) in [6, 6.07) is 12.7. The maximum Gasteiger partial charge on any atom is 0.416 e. The SMILES string of the molecule is CC1=C(N2c3cc(C(F)(F)F)cc4c3B(c3ccc5c(c3N4c3cc4c(cc3C3=CC=CCC3)C(C)(C)CCC4(C)C)C(C)(C)CCC5(C)C)c3oc4c(c32)C(C)(C)CCC4(C)C)CCC(C(C)(C)C)=C1. The minimum absolute atomic E-state index is 0.0350. The van der Waals surface area contributed by atoms with Crippen LogP contribution in [0.25, 0.3) is 5.57 Å². The molecule has 374 valence electrons. The van der Waals surface area contributed by atoms with E-state index in [1.165, 1.54) is 45.5 Å². The number of rotatable bonds is 3. The second-order valence-electron chi connectivity index (χ2n) is 27.9. The van der Waals surface area contributed by atoms with Crippen molar-refractivity contribution in [2.75, 3.05) is 9.80 Å². The minimum atomic E-state index is -4.62. The van der Waals surface area contributed by atoms with Gasteiger partial charge in [-0.3, -0.25) is 0 Å². The molecule has 3 heterocycles. The Morgan fingerprint density at radius 1 is 0.606 bits per heavy atom. The molecule has 0 atom stereocenters. The molecule has 0 bridgehead atoms. The third kappa shape index (κ3) is 7.24. The van der Waals surface area contributed by atoms with Crippen LogP contribution in [0, 0.1) is 5.41 Å². The average molecular weight is 959 g/mol. The van der Waals surface area contributed by atoms with Crippen molar-refractivity contribution < 1.29 is 17.6 Å². The van der Waals surface area contributed by atoms with Gasteiger partial charge in [-0.1, -0.05) is 146 Å². The van der Waals surface area contributed by atoms with E-state index in [0.29, 0.717) is 17.8 Å². The van der Waals surface area contributed by atoms with Crippen LogP contribution in [0.3, 0.4) is 0 Å². The molecule has 5 aliphatic carbocycles.